The van der Waals surface area contributed by atoms with Crippen molar-refractivity contribution in [1.29, 1.82) is 0 Å². The van der Waals surface area contributed by atoms with Crippen molar-refractivity contribution in [2.75, 3.05) is 36.3 Å². The van der Waals surface area contributed by atoms with E-state index in [1.807, 2.05) is 184 Å². The number of benzene rings is 8. The van der Waals surface area contributed by atoms with E-state index in [4.69, 9.17) is 29.0 Å². The van der Waals surface area contributed by atoms with Gasteiger partial charge in [0.1, 0.15) is 18.0 Å². The Kier molecular flexibility index (Phi) is 14.1. The Balaban J connectivity index is 0.926. The smallest absolute Gasteiger partial charge is 0.262 e. The summed E-state index contributed by atoms with van der Waals surface area (Å²) in [6, 6.07) is 54.2. The molecule has 0 bridgehead atoms. The van der Waals surface area contributed by atoms with Crippen LogP contribution in [0.1, 0.15) is 43.6 Å². The number of para-hydroxylation sites is 2. The van der Waals surface area contributed by atoms with Crippen LogP contribution >= 0.6 is 0 Å². The number of amides is 1. The minimum absolute atomic E-state index is 0.188. The van der Waals surface area contributed by atoms with Crippen molar-refractivity contribution in [3.63, 3.8) is 0 Å². The number of carbonyl (C=O) groups is 1. The lowest BCUT2D eigenvalue weighted by Crippen LogP contribution is -2.31. The second-order valence-corrected chi connectivity index (χ2v) is 15.7. The van der Waals surface area contributed by atoms with Crippen LogP contribution < -0.4 is 19.4 Å². The van der Waals surface area contributed by atoms with Crippen LogP contribution in [0.15, 0.2) is 195 Å². The van der Waals surface area contributed by atoms with Crippen LogP contribution in [0.3, 0.4) is 0 Å². The number of rotatable bonds is 18. The Bertz CT molecular complexity index is 3250. The van der Waals surface area contributed by atoms with Gasteiger partial charge in [-0.15, -0.1) is 20.4 Å². The number of nitrogens with zero attached hydrogens (tertiary/aromatic N) is 8. The molecule has 0 aliphatic heterocycles. The van der Waals surface area contributed by atoms with Crippen LogP contribution in [-0.2, 0) is 11.4 Å². The average molecular weight is 915 g/mol. The SMILES string of the molecule is CCOc1c(CON(CC)c2ccccc2)cc2ccccc2c1N=Nc1ccc(-c2nnc(-c3ccc(N=Nc4c(OCC)c(C(=O)N(CC)c5ccccc5)cc5ccccc45)cc3)o2)cc1. The topological polar surface area (TPSA) is 140 Å². The second-order valence-electron chi connectivity index (χ2n) is 15.7. The highest BCUT2D eigenvalue weighted by Crippen LogP contribution is 2.43. The summed E-state index contributed by atoms with van der Waals surface area (Å²) in [7, 11) is 0. The zero-order valence-electron chi connectivity index (χ0n) is 38.8. The quantitative estimate of drug-likeness (QED) is 0.0612. The molecule has 8 aromatic carbocycles. The maximum absolute atomic E-state index is 14.2. The Morgan fingerprint density at radius 1 is 0.536 bits per heavy atom. The summed E-state index contributed by atoms with van der Waals surface area (Å²) in [4.78, 5) is 22.2. The van der Waals surface area contributed by atoms with Crippen LogP contribution in [0.2, 0.25) is 0 Å². The number of azo groups is 2. The average Bonchev–Trinajstić information content (AvgIpc) is 3.90. The number of fused-ring (bicyclic) bond motifs is 2. The van der Waals surface area contributed by atoms with E-state index < -0.39 is 0 Å². The van der Waals surface area contributed by atoms with Crippen molar-refractivity contribution in [2.24, 2.45) is 20.5 Å². The summed E-state index contributed by atoms with van der Waals surface area (Å²) in [5.41, 5.74) is 6.78. The molecule has 0 N–H and O–H groups in total. The fraction of sp³-hybridized carbons (Fsp3) is 0.161. The van der Waals surface area contributed by atoms with Gasteiger partial charge < -0.3 is 18.8 Å². The lowest BCUT2D eigenvalue weighted by Gasteiger charge is -2.23. The third-order valence-electron chi connectivity index (χ3n) is 11.4. The molecule has 1 aromatic heterocycles. The van der Waals surface area contributed by atoms with Crippen molar-refractivity contribution in [1.82, 2.24) is 10.2 Å². The third kappa shape index (κ3) is 10.1. The molecular weight excluding hydrogens is 865 g/mol. The molecular formula is C56H50N8O5. The van der Waals surface area contributed by atoms with E-state index in [1.165, 1.54) is 0 Å². The van der Waals surface area contributed by atoms with Crippen molar-refractivity contribution in [3.05, 3.63) is 181 Å². The molecule has 0 aliphatic carbocycles. The van der Waals surface area contributed by atoms with E-state index in [-0.39, 0.29) is 12.5 Å². The predicted molar refractivity (Wildman–Crippen MR) is 272 cm³/mol. The van der Waals surface area contributed by atoms with Gasteiger partial charge in [0.2, 0.25) is 11.8 Å². The Labute approximate surface area is 400 Å². The maximum Gasteiger partial charge on any atom is 0.262 e. The van der Waals surface area contributed by atoms with Crippen molar-refractivity contribution in [2.45, 2.75) is 34.3 Å². The van der Waals surface area contributed by atoms with Gasteiger partial charge in [0.05, 0.1) is 35.8 Å². The van der Waals surface area contributed by atoms with E-state index >= 15 is 0 Å². The monoisotopic (exact) mass is 914 g/mol. The molecule has 0 atom stereocenters. The highest BCUT2D eigenvalue weighted by Gasteiger charge is 2.25. The number of hydrogen-bond acceptors (Lipinski definition) is 12. The summed E-state index contributed by atoms with van der Waals surface area (Å²) in [6.07, 6.45) is 0. The highest BCUT2D eigenvalue weighted by molar-refractivity contribution is 6.13. The molecule has 0 fully saturated rings. The van der Waals surface area contributed by atoms with Gasteiger partial charge in [-0.1, -0.05) is 84.9 Å². The second kappa shape index (κ2) is 21.4. The molecule has 9 rings (SSSR count). The van der Waals surface area contributed by atoms with E-state index in [0.717, 1.165) is 44.0 Å². The first-order chi connectivity index (χ1) is 34.0. The van der Waals surface area contributed by atoms with Crippen LogP contribution in [0.5, 0.6) is 11.5 Å². The van der Waals surface area contributed by atoms with Crippen LogP contribution in [0.4, 0.5) is 34.1 Å². The predicted octanol–water partition coefficient (Wildman–Crippen LogP) is 15.0. The molecule has 344 valence electrons. The first-order valence-electron chi connectivity index (χ1n) is 23.0. The fourth-order valence-electron chi connectivity index (χ4n) is 8.04. The number of carbonyl (C=O) groups excluding carboxylic acids is 1. The van der Waals surface area contributed by atoms with Crippen molar-refractivity contribution >= 4 is 61.6 Å². The van der Waals surface area contributed by atoms with E-state index in [0.29, 0.717) is 83.5 Å². The molecule has 9 aromatic rings. The van der Waals surface area contributed by atoms with Crippen LogP contribution in [0.25, 0.3) is 44.5 Å². The highest BCUT2D eigenvalue weighted by atomic mass is 16.7. The third-order valence-corrected chi connectivity index (χ3v) is 11.4. The molecule has 13 nitrogen and oxygen atoms in total. The summed E-state index contributed by atoms with van der Waals surface area (Å²) in [5.74, 6) is 1.51. The van der Waals surface area contributed by atoms with Crippen molar-refractivity contribution in [3.8, 4) is 34.4 Å². The largest absolute Gasteiger partial charge is 0.491 e. The number of hydrogen-bond donors (Lipinski definition) is 0. The minimum Gasteiger partial charge on any atom is -0.491 e. The normalized spacial score (nSPS) is 11.5. The van der Waals surface area contributed by atoms with Gasteiger partial charge >= 0.3 is 0 Å². The number of aromatic nitrogens is 2. The summed E-state index contributed by atoms with van der Waals surface area (Å²) in [6.45, 7) is 10.0. The molecule has 0 radical (unpaired) electrons. The molecule has 1 amide bonds. The van der Waals surface area contributed by atoms with Gasteiger partial charge in [0.15, 0.2) is 11.5 Å². The lowest BCUT2D eigenvalue weighted by atomic mass is 10.0. The molecule has 0 spiro atoms. The maximum atomic E-state index is 14.2. The van der Waals surface area contributed by atoms with Gasteiger partial charge in [-0.3, -0.25) is 14.7 Å². The van der Waals surface area contributed by atoms with Crippen molar-refractivity contribution < 1.29 is 23.5 Å². The summed E-state index contributed by atoms with van der Waals surface area (Å²) >= 11 is 0. The van der Waals surface area contributed by atoms with Gasteiger partial charge in [0.25, 0.3) is 5.91 Å². The van der Waals surface area contributed by atoms with E-state index in [2.05, 4.69) is 39.5 Å². The lowest BCUT2D eigenvalue weighted by molar-refractivity contribution is 0.0953. The zero-order chi connectivity index (χ0) is 47.5. The Morgan fingerprint density at radius 2 is 1.03 bits per heavy atom. The number of ether oxygens (including phenoxy) is 2. The van der Waals surface area contributed by atoms with Gasteiger partial charge in [-0.2, -0.15) is 10.2 Å². The molecule has 1 heterocycles. The van der Waals surface area contributed by atoms with Gasteiger partial charge in [0, 0.05) is 46.2 Å². The Hall–Kier alpha value is -8.55. The summed E-state index contributed by atoms with van der Waals surface area (Å²) < 4.78 is 18.6. The zero-order valence-corrected chi connectivity index (χ0v) is 38.8. The summed E-state index contributed by atoms with van der Waals surface area (Å²) in [5, 5.41) is 32.9. The molecule has 0 saturated carbocycles. The van der Waals surface area contributed by atoms with E-state index in [1.54, 1.807) is 4.90 Å². The standard InChI is InChI=1S/C56H50N8O5/c1-5-63(45-21-11-9-12-22-45)56(65)49-36-41-20-16-18-26-48(41)51(53(49)67-8-4)60-58-44-33-29-39(30-34-44)55-62-61-54(69-55)38-27-31-43(32-28-38)57-59-50-47-25-17-15-19-40(47)35-42(52(50)66-7-3)37-68-64(6-2)46-23-13-10-14-24-46/h9-36H,5-8,37H2,1-4H3. The number of anilines is 2. The van der Waals surface area contributed by atoms with E-state index in [9.17, 15) is 4.79 Å². The van der Waals surface area contributed by atoms with Gasteiger partial charge in [-0.05, 0) is 123 Å². The number of hydroxylamine groups is 1. The molecule has 0 saturated heterocycles. The molecule has 0 aliphatic rings. The Morgan fingerprint density at radius 3 is 1.57 bits per heavy atom. The van der Waals surface area contributed by atoms with Crippen LogP contribution in [-0.4, -0.2) is 42.4 Å². The fourth-order valence-corrected chi connectivity index (χ4v) is 8.04. The molecule has 0 unspecified atom stereocenters. The van der Waals surface area contributed by atoms with Gasteiger partial charge in [-0.25, -0.2) is 0 Å². The molecule has 69 heavy (non-hydrogen) atoms. The molecule has 13 heteroatoms. The van der Waals surface area contributed by atoms with Crippen LogP contribution in [0, 0.1) is 0 Å². The minimum atomic E-state index is -0.188. The first-order valence-corrected chi connectivity index (χ1v) is 23.0. The first kappa shape index (κ1) is 45.6.